The number of amides is 1. The molecule has 36 heavy (non-hydrogen) atoms. The topological polar surface area (TPSA) is 113 Å². The molecule has 0 aliphatic carbocycles. The van der Waals surface area contributed by atoms with Gasteiger partial charge in [0, 0.05) is 35.3 Å². The molecule has 3 aromatic rings. The van der Waals surface area contributed by atoms with E-state index in [1.165, 1.54) is 71.0 Å². The van der Waals surface area contributed by atoms with Crippen LogP contribution in [0, 0.1) is 0 Å². The lowest BCUT2D eigenvalue weighted by atomic mass is 10.1. The third-order valence-electron chi connectivity index (χ3n) is 5.33. The van der Waals surface area contributed by atoms with E-state index < -0.39 is 26.0 Å². The summed E-state index contributed by atoms with van der Waals surface area (Å²) in [5, 5.41) is 3.06. The molecule has 1 aliphatic rings. The van der Waals surface area contributed by atoms with E-state index in [-0.39, 0.29) is 26.1 Å². The summed E-state index contributed by atoms with van der Waals surface area (Å²) < 4.78 is 55.2. The van der Waals surface area contributed by atoms with Crippen LogP contribution in [0.4, 0.5) is 11.4 Å². The van der Waals surface area contributed by atoms with Crippen LogP contribution in [0.25, 0.3) is 0 Å². The van der Waals surface area contributed by atoms with Crippen LogP contribution in [-0.2, 0) is 20.0 Å². The molecule has 1 amide bonds. The van der Waals surface area contributed by atoms with Gasteiger partial charge in [0.25, 0.3) is 15.9 Å². The summed E-state index contributed by atoms with van der Waals surface area (Å²) in [6.07, 6.45) is 0. The van der Waals surface area contributed by atoms with E-state index in [0.29, 0.717) is 23.8 Å². The van der Waals surface area contributed by atoms with E-state index >= 15 is 0 Å². The predicted octanol–water partition coefficient (Wildman–Crippen LogP) is 4.78. The SMILES string of the molecule is O=C(Nc1ccc(S(=O)(=O)N2CCSCC2)cc1)c1c(Cl)cccc1NS(=O)(=O)c1ccc(Cl)cc1. The predicted molar refractivity (Wildman–Crippen MR) is 144 cm³/mol. The highest BCUT2D eigenvalue weighted by Gasteiger charge is 2.26. The molecule has 3 aromatic carbocycles. The molecular formula is C23H21Cl2N3O5S3. The molecule has 0 atom stereocenters. The highest BCUT2D eigenvalue weighted by atomic mass is 35.5. The normalized spacial score (nSPS) is 14.8. The van der Waals surface area contributed by atoms with E-state index in [0.717, 1.165) is 11.5 Å². The fraction of sp³-hybridized carbons (Fsp3) is 0.174. The lowest BCUT2D eigenvalue weighted by Crippen LogP contribution is -2.37. The summed E-state index contributed by atoms with van der Waals surface area (Å²) >= 11 is 13.8. The molecule has 13 heteroatoms. The number of carbonyl (C=O) groups is 1. The lowest BCUT2D eigenvalue weighted by Gasteiger charge is -2.25. The Labute approximate surface area is 224 Å². The Morgan fingerprint density at radius 1 is 0.833 bits per heavy atom. The highest BCUT2D eigenvalue weighted by Crippen LogP contribution is 2.29. The second kappa shape index (κ2) is 11.0. The van der Waals surface area contributed by atoms with Crippen LogP contribution in [0.2, 0.25) is 10.0 Å². The van der Waals surface area contributed by atoms with Crippen molar-refractivity contribution in [3.05, 3.63) is 82.3 Å². The third kappa shape index (κ3) is 5.99. The molecular weight excluding hydrogens is 565 g/mol. The van der Waals surface area contributed by atoms with Crippen molar-refractivity contribution in [1.29, 1.82) is 0 Å². The number of benzene rings is 3. The average molecular weight is 587 g/mol. The quantitative estimate of drug-likeness (QED) is 0.412. The maximum Gasteiger partial charge on any atom is 0.261 e. The molecule has 0 saturated carbocycles. The van der Waals surface area contributed by atoms with Crippen molar-refractivity contribution in [2.45, 2.75) is 9.79 Å². The number of thioether (sulfide) groups is 1. The summed E-state index contributed by atoms with van der Waals surface area (Å²) in [5.74, 6) is 0.822. The molecule has 0 radical (unpaired) electrons. The van der Waals surface area contributed by atoms with Crippen LogP contribution in [0.15, 0.2) is 76.5 Å². The molecule has 1 fully saturated rings. The van der Waals surface area contributed by atoms with E-state index in [4.69, 9.17) is 23.2 Å². The number of nitrogens with zero attached hydrogens (tertiary/aromatic N) is 1. The zero-order valence-electron chi connectivity index (χ0n) is 18.6. The molecule has 1 aliphatic heterocycles. The van der Waals surface area contributed by atoms with Crippen LogP contribution in [-0.4, -0.2) is 51.6 Å². The van der Waals surface area contributed by atoms with Crippen molar-refractivity contribution in [3.8, 4) is 0 Å². The molecule has 0 aromatic heterocycles. The summed E-state index contributed by atoms with van der Waals surface area (Å²) in [6, 6.07) is 15.7. The van der Waals surface area contributed by atoms with Gasteiger partial charge in [0.15, 0.2) is 0 Å². The number of anilines is 2. The summed E-state index contributed by atoms with van der Waals surface area (Å²) in [4.78, 5) is 13.2. The molecule has 190 valence electrons. The van der Waals surface area contributed by atoms with Gasteiger partial charge < -0.3 is 5.32 Å². The molecule has 4 rings (SSSR count). The van der Waals surface area contributed by atoms with Crippen molar-refractivity contribution in [2.24, 2.45) is 0 Å². The molecule has 1 saturated heterocycles. The Bertz CT molecular complexity index is 1470. The standard InChI is InChI=1S/C23H21Cl2N3O5S3/c24-16-4-8-18(9-5-16)35(30,31)27-21-3-1-2-20(25)22(21)23(29)26-17-6-10-19(11-7-17)36(32,33)28-12-14-34-15-13-28/h1-11,27H,12-15H2,(H,26,29). The first-order valence-corrected chi connectivity index (χ1v) is 15.5. The largest absolute Gasteiger partial charge is 0.322 e. The summed E-state index contributed by atoms with van der Waals surface area (Å²) in [6.45, 7) is 0.902. The smallest absolute Gasteiger partial charge is 0.261 e. The Morgan fingerprint density at radius 2 is 1.44 bits per heavy atom. The van der Waals surface area contributed by atoms with E-state index in [1.54, 1.807) is 11.8 Å². The number of halogens is 2. The second-order valence-electron chi connectivity index (χ2n) is 7.72. The average Bonchev–Trinajstić information content (AvgIpc) is 2.85. The Balaban J connectivity index is 1.54. The fourth-order valence-corrected chi connectivity index (χ4v) is 7.53. The van der Waals surface area contributed by atoms with Crippen molar-refractivity contribution in [2.75, 3.05) is 34.6 Å². The summed E-state index contributed by atoms with van der Waals surface area (Å²) in [5.41, 5.74) is 0.218. The first-order valence-electron chi connectivity index (χ1n) is 10.6. The van der Waals surface area contributed by atoms with Crippen LogP contribution in [0.1, 0.15) is 10.4 Å². The van der Waals surface area contributed by atoms with Crippen molar-refractivity contribution in [3.63, 3.8) is 0 Å². The number of carbonyl (C=O) groups excluding carboxylic acids is 1. The van der Waals surface area contributed by atoms with Crippen molar-refractivity contribution in [1.82, 2.24) is 4.31 Å². The minimum Gasteiger partial charge on any atom is -0.322 e. The maximum absolute atomic E-state index is 13.1. The van der Waals surface area contributed by atoms with E-state index in [1.807, 2.05) is 0 Å². The lowest BCUT2D eigenvalue weighted by molar-refractivity contribution is 0.102. The maximum atomic E-state index is 13.1. The zero-order chi connectivity index (χ0) is 25.9. The van der Waals surface area contributed by atoms with Crippen LogP contribution in [0.3, 0.4) is 0 Å². The number of hydrogen-bond acceptors (Lipinski definition) is 6. The van der Waals surface area contributed by atoms with Crippen molar-refractivity contribution < 1.29 is 21.6 Å². The van der Waals surface area contributed by atoms with Gasteiger partial charge in [-0.05, 0) is 60.7 Å². The van der Waals surface area contributed by atoms with Gasteiger partial charge >= 0.3 is 0 Å². The zero-order valence-corrected chi connectivity index (χ0v) is 22.6. The van der Waals surface area contributed by atoms with Gasteiger partial charge in [-0.15, -0.1) is 0 Å². The second-order valence-corrected chi connectivity index (χ2v) is 13.4. The number of nitrogens with one attached hydrogen (secondary N) is 2. The van der Waals surface area contributed by atoms with Gasteiger partial charge in [-0.1, -0.05) is 29.3 Å². The molecule has 8 nitrogen and oxygen atoms in total. The number of sulfonamides is 2. The first kappa shape index (κ1) is 26.8. The fourth-order valence-electron chi connectivity index (χ4n) is 3.50. The molecule has 0 bridgehead atoms. The molecule has 2 N–H and O–H groups in total. The van der Waals surface area contributed by atoms with Gasteiger partial charge in [0.2, 0.25) is 10.0 Å². The highest BCUT2D eigenvalue weighted by molar-refractivity contribution is 7.99. The molecule has 0 unspecified atom stereocenters. The van der Waals surface area contributed by atoms with Crippen LogP contribution < -0.4 is 10.0 Å². The Kier molecular flexibility index (Phi) is 8.18. The third-order valence-corrected chi connectivity index (χ3v) is 10.1. The molecule has 0 spiro atoms. The van der Waals surface area contributed by atoms with E-state index in [9.17, 15) is 21.6 Å². The number of hydrogen-bond donors (Lipinski definition) is 2. The Morgan fingerprint density at radius 3 is 2.08 bits per heavy atom. The van der Waals surface area contributed by atoms with Gasteiger partial charge in [0.05, 0.1) is 26.1 Å². The minimum absolute atomic E-state index is 0.0166. The van der Waals surface area contributed by atoms with Gasteiger partial charge in [-0.3, -0.25) is 9.52 Å². The first-order chi connectivity index (χ1) is 17.1. The Hall–Kier alpha value is -2.28. The monoisotopic (exact) mass is 585 g/mol. The summed E-state index contributed by atoms with van der Waals surface area (Å²) in [7, 11) is -7.65. The van der Waals surface area contributed by atoms with Gasteiger partial charge in [-0.2, -0.15) is 16.1 Å². The van der Waals surface area contributed by atoms with E-state index in [2.05, 4.69) is 10.0 Å². The molecule has 1 heterocycles. The van der Waals surface area contributed by atoms with Crippen LogP contribution in [0.5, 0.6) is 0 Å². The van der Waals surface area contributed by atoms with Gasteiger partial charge in [0.1, 0.15) is 0 Å². The number of rotatable bonds is 7. The van der Waals surface area contributed by atoms with Gasteiger partial charge in [-0.25, -0.2) is 16.8 Å². The minimum atomic E-state index is -4.03. The van der Waals surface area contributed by atoms with Crippen molar-refractivity contribution >= 4 is 72.3 Å². The van der Waals surface area contributed by atoms with Crippen LogP contribution >= 0.6 is 35.0 Å².